The molecule has 2 unspecified atom stereocenters. The van der Waals surface area contributed by atoms with Crippen LogP contribution in [0.4, 0.5) is 6.01 Å². The summed E-state index contributed by atoms with van der Waals surface area (Å²) in [6.07, 6.45) is 10.2. The first kappa shape index (κ1) is 20.1. The van der Waals surface area contributed by atoms with E-state index >= 15 is 0 Å². The second kappa shape index (κ2) is 7.20. The predicted octanol–water partition coefficient (Wildman–Crippen LogP) is 5.65. The van der Waals surface area contributed by atoms with Crippen LogP contribution in [0.25, 0.3) is 22.4 Å². The normalized spacial score (nSPS) is 33.1. The summed E-state index contributed by atoms with van der Waals surface area (Å²) in [6, 6.07) is 17.8. The number of nitrogens with zero attached hydrogens (tertiary/aromatic N) is 3. The minimum atomic E-state index is -0.313. The molecule has 4 bridgehead atoms. The lowest BCUT2D eigenvalue weighted by Gasteiger charge is -2.61. The van der Waals surface area contributed by atoms with Gasteiger partial charge < -0.3 is 19.4 Å². The van der Waals surface area contributed by atoms with Crippen LogP contribution in [-0.4, -0.2) is 31.8 Å². The molecular formula is C29H30N4O2. The number of rotatable bonds is 5. The Morgan fingerprint density at radius 1 is 1.06 bits per heavy atom. The second-order valence-electron chi connectivity index (χ2n) is 11.5. The summed E-state index contributed by atoms with van der Waals surface area (Å²) in [4.78, 5) is 9.10. The topological polar surface area (TPSA) is 76.1 Å². The maximum absolute atomic E-state index is 11.8. The summed E-state index contributed by atoms with van der Waals surface area (Å²) >= 11 is 0. The number of anilines is 1. The molecule has 2 aromatic carbocycles. The molecule has 4 aromatic rings. The highest BCUT2D eigenvalue weighted by Gasteiger charge is 2.58. The number of aromatic nitrogens is 3. The molecule has 0 saturated heterocycles. The van der Waals surface area contributed by atoms with Gasteiger partial charge in [-0.2, -0.15) is 4.98 Å². The first-order valence-corrected chi connectivity index (χ1v) is 13.1. The predicted molar refractivity (Wildman–Crippen MR) is 134 cm³/mol. The van der Waals surface area contributed by atoms with Crippen LogP contribution >= 0.6 is 0 Å². The SMILES string of the molecule is O[C@@H](C[C@H]1c2ccccc2-c2cncn21)C12CC3CC(C1)C(Nc1nc4ccccc4o1)C(C3)C2. The first-order chi connectivity index (χ1) is 17.2. The zero-order valence-corrected chi connectivity index (χ0v) is 19.7. The van der Waals surface area contributed by atoms with E-state index in [0.29, 0.717) is 23.9 Å². The van der Waals surface area contributed by atoms with Gasteiger partial charge in [0.1, 0.15) is 5.52 Å². The van der Waals surface area contributed by atoms with Crippen molar-refractivity contribution in [3.8, 4) is 11.3 Å². The summed E-state index contributed by atoms with van der Waals surface area (Å²) in [5.74, 6) is 1.85. The third kappa shape index (κ3) is 2.92. The highest BCUT2D eigenvalue weighted by molar-refractivity contribution is 5.74. The molecule has 35 heavy (non-hydrogen) atoms. The van der Waals surface area contributed by atoms with Crippen LogP contribution in [-0.2, 0) is 0 Å². The molecular weight excluding hydrogens is 436 g/mol. The molecule has 1 aliphatic heterocycles. The van der Waals surface area contributed by atoms with E-state index in [-0.39, 0.29) is 17.6 Å². The van der Waals surface area contributed by atoms with Gasteiger partial charge in [-0.1, -0.05) is 36.4 Å². The molecule has 5 aliphatic rings. The van der Waals surface area contributed by atoms with Gasteiger partial charge in [-0.3, -0.25) is 0 Å². The Hall–Kier alpha value is -3.12. The molecule has 3 heterocycles. The molecule has 0 amide bonds. The van der Waals surface area contributed by atoms with Crippen LogP contribution < -0.4 is 5.32 Å². The Balaban J connectivity index is 1.05. The minimum absolute atomic E-state index is 0.0221. The molecule has 2 aromatic heterocycles. The van der Waals surface area contributed by atoms with Crippen LogP contribution in [0.5, 0.6) is 0 Å². The largest absolute Gasteiger partial charge is 0.424 e. The number of nitrogens with one attached hydrogen (secondary N) is 1. The number of aliphatic hydroxyl groups excluding tert-OH is 1. The van der Waals surface area contributed by atoms with Crippen molar-refractivity contribution >= 4 is 17.1 Å². The van der Waals surface area contributed by atoms with Crippen molar-refractivity contribution in [2.75, 3.05) is 5.32 Å². The van der Waals surface area contributed by atoms with E-state index in [2.05, 4.69) is 44.1 Å². The van der Waals surface area contributed by atoms with Gasteiger partial charge in [-0.25, -0.2) is 4.98 Å². The van der Waals surface area contributed by atoms with Crippen molar-refractivity contribution in [1.29, 1.82) is 0 Å². The average Bonchev–Trinajstić information content (AvgIpc) is 3.56. The maximum Gasteiger partial charge on any atom is 0.295 e. The highest BCUT2D eigenvalue weighted by Crippen LogP contribution is 2.62. The monoisotopic (exact) mass is 466 g/mol. The van der Waals surface area contributed by atoms with E-state index < -0.39 is 0 Å². The van der Waals surface area contributed by atoms with Gasteiger partial charge in [-0.05, 0) is 79.4 Å². The molecule has 6 nitrogen and oxygen atoms in total. The van der Waals surface area contributed by atoms with Crippen LogP contribution in [0.2, 0.25) is 0 Å². The summed E-state index contributed by atoms with van der Waals surface area (Å²) in [6.45, 7) is 0. The maximum atomic E-state index is 11.8. The number of hydrogen-bond acceptors (Lipinski definition) is 5. The smallest absolute Gasteiger partial charge is 0.295 e. The Kier molecular flexibility index (Phi) is 4.14. The van der Waals surface area contributed by atoms with Crippen LogP contribution in [0, 0.1) is 23.2 Å². The number of hydrogen-bond donors (Lipinski definition) is 2. The van der Waals surface area contributed by atoms with E-state index in [9.17, 15) is 5.11 Å². The third-order valence-corrected chi connectivity index (χ3v) is 9.66. The number of benzene rings is 2. The van der Waals surface area contributed by atoms with Gasteiger partial charge >= 0.3 is 0 Å². The van der Waals surface area contributed by atoms with E-state index in [1.807, 2.05) is 36.8 Å². The van der Waals surface area contributed by atoms with Crippen molar-refractivity contribution in [3.63, 3.8) is 0 Å². The van der Waals surface area contributed by atoms with Crippen molar-refractivity contribution in [2.45, 2.75) is 56.7 Å². The second-order valence-corrected chi connectivity index (χ2v) is 11.5. The van der Waals surface area contributed by atoms with Gasteiger partial charge in [0.15, 0.2) is 5.58 Å². The number of fused-ring (bicyclic) bond motifs is 4. The summed E-state index contributed by atoms with van der Waals surface area (Å²) in [5.41, 5.74) is 5.52. The van der Waals surface area contributed by atoms with Crippen LogP contribution in [0.1, 0.15) is 50.1 Å². The molecule has 178 valence electrons. The van der Waals surface area contributed by atoms with Gasteiger partial charge in [0, 0.05) is 11.6 Å². The van der Waals surface area contributed by atoms with E-state index in [1.165, 1.54) is 36.1 Å². The molecule has 4 fully saturated rings. The Morgan fingerprint density at radius 2 is 1.86 bits per heavy atom. The van der Waals surface area contributed by atoms with Gasteiger partial charge in [-0.15, -0.1) is 0 Å². The molecule has 6 heteroatoms. The zero-order valence-electron chi connectivity index (χ0n) is 19.7. The first-order valence-electron chi connectivity index (χ1n) is 13.1. The van der Waals surface area contributed by atoms with E-state index in [4.69, 9.17) is 4.42 Å². The number of aliphatic hydroxyl groups is 1. The Bertz CT molecular complexity index is 1370. The van der Waals surface area contributed by atoms with Crippen molar-refractivity contribution < 1.29 is 9.52 Å². The Morgan fingerprint density at radius 3 is 2.71 bits per heavy atom. The lowest BCUT2D eigenvalue weighted by molar-refractivity contribution is -0.129. The van der Waals surface area contributed by atoms with Gasteiger partial charge in [0.2, 0.25) is 0 Å². The molecule has 2 N–H and O–H groups in total. The molecule has 4 aliphatic carbocycles. The zero-order chi connectivity index (χ0) is 23.1. The number of para-hydroxylation sites is 2. The summed E-state index contributed by atoms with van der Waals surface area (Å²) in [7, 11) is 0. The number of imidazole rings is 1. The van der Waals surface area contributed by atoms with Gasteiger partial charge in [0.25, 0.3) is 6.01 Å². The highest BCUT2D eigenvalue weighted by atomic mass is 16.4. The molecule has 0 radical (unpaired) electrons. The van der Waals surface area contributed by atoms with E-state index in [0.717, 1.165) is 36.3 Å². The lowest BCUT2D eigenvalue weighted by Crippen LogP contribution is -2.59. The lowest BCUT2D eigenvalue weighted by atomic mass is 9.46. The minimum Gasteiger partial charge on any atom is -0.424 e. The van der Waals surface area contributed by atoms with Gasteiger partial charge in [0.05, 0.1) is 30.4 Å². The fourth-order valence-corrected chi connectivity index (χ4v) is 8.44. The summed E-state index contributed by atoms with van der Waals surface area (Å²) in [5, 5.41) is 15.5. The quantitative estimate of drug-likeness (QED) is 0.397. The number of oxazole rings is 1. The van der Waals surface area contributed by atoms with Crippen molar-refractivity contribution in [2.24, 2.45) is 23.2 Å². The molecule has 4 saturated carbocycles. The fourth-order valence-electron chi connectivity index (χ4n) is 8.44. The molecule has 4 atom stereocenters. The summed E-state index contributed by atoms with van der Waals surface area (Å²) < 4.78 is 8.28. The molecule has 9 rings (SSSR count). The van der Waals surface area contributed by atoms with E-state index in [1.54, 1.807) is 0 Å². The van der Waals surface area contributed by atoms with Crippen molar-refractivity contribution in [3.05, 3.63) is 66.6 Å². The standard InChI is InChI=1S/C29H30N4O2/c34-26(11-23-20-5-1-2-6-21(20)24-15-30-16-33(23)24)29-12-17-9-18(13-29)27(19(10-17)14-29)32-28-31-22-7-3-4-8-25(22)35-28/h1-8,15-19,23,26-27,34H,9-14H2,(H,31,32)/t17?,18?,19?,23-,26-,27?,29?/m0/s1. The molecule has 0 spiro atoms. The van der Waals surface area contributed by atoms with Crippen molar-refractivity contribution in [1.82, 2.24) is 14.5 Å². The average molecular weight is 467 g/mol. The van der Waals surface area contributed by atoms with Crippen LogP contribution in [0.3, 0.4) is 0 Å². The Labute approximate surface area is 204 Å². The van der Waals surface area contributed by atoms with Crippen LogP contribution in [0.15, 0.2) is 65.5 Å². The third-order valence-electron chi connectivity index (χ3n) is 9.66. The fraction of sp³-hybridized carbons (Fsp3) is 0.448.